The van der Waals surface area contributed by atoms with Crippen LogP contribution in [0.15, 0.2) is 12.4 Å². The number of ether oxygens (including phenoxy) is 1. The minimum absolute atomic E-state index is 0.118. The van der Waals surface area contributed by atoms with Crippen LogP contribution in [0.5, 0.6) is 0 Å². The first kappa shape index (κ1) is 16.8. The third kappa shape index (κ3) is 5.02. The van der Waals surface area contributed by atoms with E-state index in [1.807, 2.05) is 40.2 Å². The molecule has 1 aromatic rings. The molecular formula is C16H28N4O2. The van der Waals surface area contributed by atoms with Gasteiger partial charge in [-0.25, -0.2) is 4.79 Å². The number of aromatic nitrogens is 2. The largest absolute Gasteiger partial charge is 0.444 e. The maximum absolute atomic E-state index is 11.9. The molecule has 0 bridgehead atoms. The Morgan fingerprint density at radius 1 is 1.41 bits per heavy atom. The summed E-state index contributed by atoms with van der Waals surface area (Å²) in [6.45, 7) is 9.08. The number of rotatable bonds is 6. The highest BCUT2D eigenvalue weighted by atomic mass is 16.6. The lowest BCUT2D eigenvalue weighted by atomic mass is 9.95. The van der Waals surface area contributed by atoms with Gasteiger partial charge < -0.3 is 15.4 Å². The Labute approximate surface area is 132 Å². The zero-order valence-electron chi connectivity index (χ0n) is 14.3. The predicted octanol–water partition coefficient (Wildman–Crippen LogP) is 2.20. The summed E-state index contributed by atoms with van der Waals surface area (Å²) in [4.78, 5) is 11.9. The van der Waals surface area contributed by atoms with Gasteiger partial charge in [0.05, 0.1) is 6.20 Å². The van der Waals surface area contributed by atoms with Crippen LogP contribution in [-0.4, -0.2) is 33.6 Å². The van der Waals surface area contributed by atoms with E-state index in [9.17, 15) is 4.79 Å². The SMILES string of the molecule is Cn1cc(CNC(C)(CNC(=O)OC(C)(C)C)C2CC2)cn1. The number of carbonyl (C=O) groups excluding carboxylic acids is 1. The maximum atomic E-state index is 11.9. The molecule has 1 aliphatic rings. The molecule has 2 N–H and O–H groups in total. The number of amides is 1. The lowest BCUT2D eigenvalue weighted by Crippen LogP contribution is -2.53. The van der Waals surface area contributed by atoms with Gasteiger partial charge in [-0.2, -0.15) is 5.10 Å². The fraction of sp³-hybridized carbons (Fsp3) is 0.750. The van der Waals surface area contributed by atoms with Crippen LogP contribution in [0, 0.1) is 5.92 Å². The fourth-order valence-electron chi connectivity index (χ4n) is 2.51. The van der Waals surface area contributed by atoms with E-state index in [1.165, 1.54) is 12.8 Å². The van der Waals surface area contributed by atoms with Gasteiger partial charge in [-0.3, -0.25) is 4.68 Å². The zero-order valence-corrected chi connectivity index (χ0v) is 14.3. The van der Waals surface area contributed by atoms with E-state index in [0.717, 1.165) is 12.1 Å². The molecule has 0 aromatic carbocycles. The molecule has 124 valence electrons. The molecule has 1 heterocycles. The summed E-state index contributed by atoms with van der Waals surface area (Å²) in [6.07, 6.45) is 5.91. The van der Waals surface area contributed by atoms with E-state index in [4.69, 9.17) is 4.74 Å². The Bertz CT molecular complexity index is 516. The first-order valence-corrected chi connectivity index (χ1v) is 7.87. The Balaban J connectivity index is 1.86. The van der Waals surface area contributed by atoms with Crippen LogP contribution in [0.25, 0.3) is 0 Å². The number of hydrogen-bond donors (Lipinski definition) is 2. The summed E-state index contributed by atoms with van der Waals surface area (Å²) in [5, 5.41) is 10.7. The fourth-order valence-corrected chi connectivity index (χ4v) is 2.51. The predicted molar refractivity (Wildman–Crippen MR) is 85.4 cm³/mol. The van der Waals surface area contributed by atoms with Crippen LogP contribution in [0.4, 0.5) is 4.79 Å². The molecule has 0 radical (unpaired) electrons. The minimum Gasteiger partial charge on any atom is -0.444 e. The van der Waals surface area contributed by atoms with Gasteiger partial charge in [0.2, 0.25) is 0 Å². The van der Waals surface area contributed by atoms with E-state index in [2.05, 4.69) is 22.7 Å². The van der Waals surface area contributed by atoms with Gasteiger partial charge in [0.15, 0.2) is 0 Å². The van der Waals surface area contributed by atoms with Gasteiger partial charge in [0, 0.05) is 37.4 Å². The van der Waals surface area contributed by atoms with Crippen molar-refractivity contribution in [3.8, 4) is 0 Å². The van der Waals surface area contributed by atoms with Crippen molar-refractivity contribution in [1.82, 2.24) is 20.4 Å². The van der Waals surface area contributed by atoms with Crippen LogP contribution in [0.2, 0.25) is 0 Å². The Morgan fingerprint density at radius 2 is 2.09 bits per heavy atom. The van der Waals surface area contributed by atoms with E-state index >= 15 is 0 Å². The third-order valence-electron chi connectivity index (χ3n) is 3.93. The van der Waals surface area contributed by atoms with Gasteiger partial charge in [-0.15, -0.1) is 0 Å². The van der Waals surface area contributed by atoms with Crippen LogP contribution in [0.3, 0.4) is 0 Å². The standard InChI is InChI=1S/C16H28N4O2/c1-15(2,3)22-14(21)17-11-16(4,13-6-7-13)18-8-12-9-19-20(5)10-12/h9-10,13,18H,6-8,11H2,1-5H3,(H,17,21). The number of nitrogens with zero attached hydrogens (tertiary/aromatic N) is 2. The minimum atomic E-state index is -0.469. The molecule has 0 spiro atoms. The molecule has 1 unspecified atom stereocenters. The molecule has 2 rings (SSSR count). The Kier molecular flexibility index (Phi) is 4.80. The highest BCUT2D eigenvalue weighted by Crippen LogP contribution is 2.39. The molecule has 22 heavy (non-hydrogen) atoms. The lowest BCUT2D eigenvalue weighted by molar-refractivity contribution is 0.0507. The average Bonchev–Trinajstić information content (AvgIpc) is 3.16. The number of carbonyl (C=O) groups is 1. The van der Waals surface area contributed by atoms with E-state index in [-0.39, 0.29) is 11.6 Å². The van der Waals surface area contributed by atoms with Crippen LogP contribution < -0.4 is 10.6 Å². The summed E-state index contributed by atoms with van der Waals surface area (Å²) >= 11 is 0. The third-order valence-corrected chi connectivity index (χ3v) is 3.93. The Morgan fingerprint density at radius 3 is 2.59 bits per heavy atom. The highest BCUT2D eigenvalue weighted by Gasteiger charge is 2.41. The molecule has 1 aliphatic carbocycles. The van der Waals surface area contributed by atoms with Crippen molar-refractivity contribution in [2.45, 2.75) is 58.2 Å². The number of alkyl carbamates (subject to hydrolysis) is 1. The van der Waals surface area contributed by atoms with Crippen molar-refractivity contribution in [1.29, 1.82) is 0 Å². The van der Waals surface area contributed by atoms with Crippen molar-refractivity contribution in [3.05, 3.63) is 18.0 Å². The molecule has 0 saturated heterocycles. The van der Waals surface area contributed by atoms with Crippen molar-refractivity contribution < 1.29 is 9.53 Å². The highest BCUT2D eigenvalue weighted by molar-refractivity contribution is 5.67. The molecule has 0 aliphatic heterocycles. The van der Waals surface area contributed by atoms with Gasteiger partial charge in [-0.1, -0.05) is 0 Å². The number of aryl methyl sites for hydroxylation is 1. The summed E-state index contributed by atoms with van der Waals surface area (Å²) in [5.41, 5.74) is 0.558. The summed E-state index contributed by atoms with van der Waals surface area (Å²) in [7, 11) is 1.91. The van der Waals surface area contributed by atoms with Crippen molar-refractivity contribution in [3.63, 3.8) is 0 Å². The normalized spacial score (nSPS) is 17.9. The molecule has 1 atom stereocenters. The van der Waals surface area contributed by atoms with Gasteiger partial charge in [0.25, 0.3) is 0 Å². The topological polar surface area (TPSA) is 68.2 Å². The summed E-state index contributed by atoms with van der Waals surface area (Å²) in [5.74, 6) is 0.596. The van der Waals surface area contributed by atoms with Gasteiger partial charge >= 0.3 is 6.09 Å². The maximum Gasteiger partial charge on any atom is 0.407 e. The second-order valence-corrected chi connectivity index (χ2v) is 7.42. The average molecular weight is 308 g/mol. The van der Waals surface area contributed by atoms with E-state index in [1.54, 1.807) is 4.68 Å². The first-order valence-electron chi connectivity index (χ1n) is 7.87. The summed E-state index contributed by atoms with van der Waals surface area (Å²) in [6, 6.07) is 0. The second-order valence-electron chi connectivity index (χ2n) is 7.42. The molecule has 6 nitrogen and oxygen atoms in total. The van der Waals surface area contributed by atoms with Gasteiger partial charge in [-0.05, 0) is 46.5 Å². The zero-order chi connectivity index (χ0) is 16.4. The molecule has 6 heteroatoms. The van der Waals surface area contributed by atoms with Crippen LogP contribution >= 0.6 is 0 Å². The molecular weight excluding hydrogens is 280 g/mol. The van der Waals surface area contributed by atoms with Crippen LogP contribution in [-0.2, 0) is 18.3 Å². The van der Waals surface area contributed by atoms with E-state index < -0.39 is 5.60 Å². The first-order chi connectivity index (χ1) is 10.2. The number of nitrogens with one attached hydrogen (secondary N) is 2. The molecule has 1 amide bonds. The van der Waals surface area contributed by atoms with E-state index in [0.29, 0.717) is 12.5 Å². The second kappa shape index (κ2) is 6.28. The van der Waals surface area contributed by atoms with Crippen molar-refractivity contribution >= 4 is 6.09 Å². The molecule has 1 fully saturated rings. The number of hydrogen-bond acceptors (Lipinski definition) is 4. The Hall–Kier alpha value is -1.56. The molecule has 1 saturated carbocycles. The monoisotopic (exact) mass is 308 g/mol. The summed E-state index contributed by atoms with van der Waals surface area (Å²) < 4.78 is 7.10. The van der Waals surface area contributed by atoms with Crippen LogP contribution in [0.1, 0.15) is 46.1 Å². The van der Waals surface area contributed by atoms with Crippen molar-refractivity contribution in [2.24, 2.45) is 13.0 Å². The van der Waals surface area contributed by atoms with Gasteiger partial charge in [0.1, 0.15) is 5.60 Å². The van der Waals surface area contributed by atoms with Crippen molar-refractivity contribution in [2.75, 3.05) is 6.54 Å². The quantitative estimate of drug-likeness (QED) is 0.845. The lowest BCUT2D eigenvalue weighted by Gasteiger charge is -2.32. The molecule has 1 aromatic heterocycles. The smallest absolute Gasteiger partial charge is 0.407 e.